The third kappa shape index (κ3) is 4.21. The van der Waals surface area contributed by atoms with Gasteiger partial charge in [-0.1, -0.05) is 18.5 Å². The van der Waals surface area contributed by atoms with E-state index < -0.39 is 5.54 Å². The first kappa shape index (κ1) is 16.0. The van der Waals surface area contributed by atoms with Crippen molar-refractivity contribution in [1.82, 2.24) is 15.1 Å². The predicted octanol–water partition coefficient (Wildman–Crippen LogP) is 2.17. The van der Waals surface area contributed by atoms with Crippen LogP contribution in [0.3, 0.4) is 0 Å². The van der Waals surface area contributed by atoms with Crippen molar-refractivity contribution in [2.75, 3.05) is 13.7 Å². The minimum atomic E-state index is -0.643. The zero-order valence-corrected chi connectivity index (χ0v) is 12.8. The van der Waals surface area contributed by atoms with Crippen molar-refractivity contribution in [2.24, 2.45) is 0 Å². The number of methoxy groups -OCH3 is 1. The molecule has 0 amide bonds. The summed E-state index contributed by atoms with van der Waals surface area (Å²) in [7, 11) is 1.41. The van der Waals surface area contributed by atoms with E-state index in [0.29, 0.717) is 11.4 Å². The lowest BCUT2D eigenvalue weighted by molar-refractivity contribution is -0.148. The maximum absolute atomic E-state index is 11.8. The number of aromatic nitrogens is 2. The molecule has 0 radical (unpaired) electrons. The van der Waals surface area contributed by atoms with E-state index in [-0.39, 0.29) is 5.97 Å². The van der Waals surface area contributed by atoms with Gasteiger partial charge in [0.2, 0.25) is 0 Å². The van der Waals surface area contributed by atoms with E-state index >= 15 is 0 Å². The van der Waals surface area contributed by atoms with Gasteiger partial charge in [-0.25, -0.2) is 0 Å². The molecule has 0 spiro atoms. The molecule has 0 bridgehead atoms. The van der Waals surface area contributed by atoms with Crippen molar-refractivity contribution < 1.29 is 9.53 Å². The van der Waals surface area contributed by atoms with Gasteiger partial charge in [0.1, 0.15) is 5.54 Å². The number of nitrogens with one attached hydrogen (secondary N) is 1. The van der Waals surface area contributed by atoms with E-state index in [2.05, 4.69) is 10.4 Å². The molecule has 1 aromatic rings. The second-order valence-electron chi connectivity index (χ2n) is 4.78. The third-order valence-corrected chi connectivity index (χ3v) is 3.52. The number of likely N-dealkylation sites (N-methyl/N-ethyl adjacent to an activating group) is 1. The second-order valence-corrected chi connectivity index (χ2v) is 5.19. The standard InChI is InChI=1S/C13H22ClN3O2/c1-5-15-13(3,12(18)19-4)7-6-8-17-9-11(14)10(2)16-17/h9,15H,5-8H2,1-4H3. The SMILES string of the molecule is CCNC(C)(CCCn1cc(Cl)c(C)n1)C(=O)OC. The molecule has 0 saturated heterocycles. The Balaban J connectivity index is 2.55. The lowest BCUT2D eigenvalue weighted by Crippen LogP contribution is -2.50. The molecule has 19 heavy (non-hydrogen) atoms. The van der Waals surface area contributed by atoms with Crippen molar-refractivity contribution in [3.63, 3.8) is 0 Å². The normalized spacial score (nSPS) is 14.2. The molecule has 0 aliphatic rings. The molecule has 108 valence electrons. The Hall–Kier alpha value is -1.07. The number of hydrogen-bond donors (Lipinski definition) is 1. The molecule has 1 aromatic heterocycles. The Morgan fingerprint density at radius 2 is 2.32 bits per heavy atom. The summed E-state index contributed by atoms with van der Waals surface area (Å²) in [6.07, 6.45) is 3.31. The summed E-state index contributed by atoms with van der Waals surface area (Å²) < 4.78 is 6.66. The Kier molecular flexibility index (Phi) is 5.82. The highest BCUT2D eigenvalue weighted by Crippen LogP contribution is 2.17. The Labute approximate surface area is 119 Å². The van der Waals surface area contributed by atoms with Crippen LogP contribution in [0.1, 0.15) is 32.4 Å². The number of esters is 1. The first-order valence-electron chi connectivity index (χ1n) is 6.46. The summed E-state index contributed by atoms with van der Waals surface area (Å²) in [4.78, 5) is 11.8. The Bertz CT molecular complexity index is 414. The molecule has 0 aromatic carbocycles. The van der Waals surface area contributed by atoms with E-state index in [9.17, 15) is 4.79 Å². The van der Waals surface area contributed by atoms with Crippen LogP contribution in [-0.4, -0.2) is 34.9 Å². The fourth-order valence-corrected chi connectivity index (χ4v) is 2.23. The van der Waals surface area contributed by atoms with Crippen molar-refractivity contribution in [3.8, 4) is 0 Å². The van der Waals surface area contributed by atoms with E-state index in [4.69, 9.17) is 16.3 Å². The minimum absolute atomic E-state index is 0.232. The summed E-state index contributed by atoms with van der Waals surface area (Å²) in [5.41, 5.74) is 0.180. The van der Waals surface area contributed by atoms with Gasteiger partial charge in [0.15, 0.2) is 0 Å². The van der Waals surface area contributed by atoms with Crippen LogP contribution >= 0.6 is 11.6 Å². The zero-order chi connectivity index (χ0) is 14.5. The smallest absolute Gasteiger partial charge is 0.325 e. The van der Waals surface area contributed by atoms with E-state index in [1.165, 1.54) is 7.11 Å². The monoisotopic (exact) mass is 287 g/mol. The molecule has 1 atom stereocenters. The van der Waals surface area contributed by atoms with Gasteiger partial charge in [-0.3, -0.25) is 9.48 Å². The topological polar surface area (TPSA) is 56.2 Å². The molecule has 1 N–H and O–H groups in total. The molecule has 0 aliphatic carbocycles. The van der Waals surface area contributed by atoms with Gasteiger partial charge in [0, 0.05) is 12.7 Å². The highest BCUT2D eigenvalue weighted by atomic mass is 35.5. The van der Waals surface area contributed by atoms with E-state index in [0.717, 1.165) is 25.2 Å². The van der Waals surface area contributed by atoms with Crippen LogP contribution in [0.5, 0.6) is 0 Å². The predicted molar refractivity (Wildman–Crippen MR) is 75.3 cm³/mol. The number of halogens is 1. The van der Waals surface area contributed by atoms with E-state index in [1.807, 2.05) is 20.8 Å². The molecule has 0 aliphatic heterocycles. The summed E-state index contributed by atoms with van der Waals surface area (Å²) >= 11 is 5.95. The number of hydrogen-bond acceptors (Lipinski definition) is 4. The molecule has 1 unspecified atom stereocenters. The summed E-state index contributed by atoms with van der Waals surface area (Å²) in [5.74, 6) is -0.232. The van der Waals surface area contributed by atoms with Crippen molar-refractivity contribution in [1.29, 1.82) is 0 Å². The number of carbonyl (C=O) groups excluding carboxylic acids is 1. The minimum Gasteiger partial charge on any atom is -0.468 e. The van der Waals surface area contributed by atoms with Crippen molar-refractivity contribution in [3.05, 3.63) is 16.9 Å². The van der Waals surface area contributed by atoms with Gasteiger partial charge in [0.25, 0.3) is 0 Å². The fourth-order valence-electron chi connectivity index (χ4n) is 2.08. The van der Waals surface area contributed by atoms with Crippen molar-refractivity contribution in [2.45, 2.75) is 45.7 Å². The molecular weight excluding hydrogens is 266 g/mol. The lowest BCUT2D eigenvalue weighted by Gasteiger charge is -2.27. The number of carbonyl (C=O) groups is 1. The molecule has 1 rings (SSSR count). The van der Waals surface area contributed by atoms with Gasteiger partial charge in [0.05, 0.1) is 17.8 Å². The lowest BCUT2D eigenvalue weighted by atomic mass is 9.96. The molecular formula is C13H22ClN3O2. The zero-order valence-electron chi connectivity index (χ0n) is 12.0. The highest BCUT2D eigenvalue weighted by Gasteiger charge is 2.32. The molecule has 1 heterocycles. The van der Waals surface area contributed by atoms with Crippen LogP contribution in [0, 0.1) is 6.92 Å². The number of aryl methyl sites for hydroxylation is 2. The third-order valence-electron chi connectivity index (χ3n) is 3.15. The van der Waals surface area contributed by atoms with Crippen LogP contribution < -0.4 is 5.32 Å². The largest absolute Gasteiger partial charge is 0.468 e. The van der Waals surface area contributed by atoms with Gasteiger partial charge in [-0.2, -0.15) is 5.10 Å². The van der Waals surface area contributed by atoms with Gasteiger partial charge < -0.3 is 10.1 Å². The molecule has 6 heteroatoms. The molecule has 0 fully saturated rings. The number of ether oxygens (including phenoxy) is 1. The first-order chi connectivity index (χ1) is 8.92. The molecule has 0 saturated carbocycles. The number of nitrogens with zero attached hydrogens (tertiary/aromatic N) is 2. The van der Waals surface area contributed by atoms with Crippen molar-refractivity contribution >= 4 is 17.6 Å². The Morgan fingerprint density at radius 1 is 1.63 bits per heavy atom. The average molecular weight is 288 g/mol. The fraction of sp³-hybridized carbons (Fsp3) is 0.692. The number of rotatable bonds is 7. The highest BCUT2D eigenvalue weighted by molar-refractivity contribution is 6.31. The van der Waals surface area contributed by atoms with E-state index in [1.54, 1.807) is 10.9 Å². The van der Waals surface area contributed by atoms with Crippen LogP contribution in [0.15, 0.2) is 6.20 Å². The van der Waals surface area contributed by atoms with Crippen LogP contribution in [-0.2, 0) is 16.1 Å². The van der Waals surface area contributed by atoms with Crippen LogP contribution in [0.2, 0.25) is 5.02 Å². The van der Waals surface area contributed by atoms with Gasteiger partial charge >= 0.3 is 5.97 Å². The quantitative estimate of drug-likeness (QED) is 0.781. The summed E-state index contributed by atoms with van der Waals surface area (Å²) in [6, 6.07) is 0. The van der Waals surface area contributed by atoms with Gasteiger partial charge in [-0.05, 0) is 33.2 Å². The Morgan fingerprint density at radius 3 is 2.79 bits per heavy atom. The summed E-state index contributed by atoms with van der Waals surface area (Å²) in [6.45, 7) is 7.15. The average Bonchev–Trinajstić information content (AvgIpc) is 2.68. The van der Waals surface area contributed by atoms with Crippen LogP contribution in [0.25, 0.3) is 0 Å². The maximum Gasteiger partial charge on any atom is 0.325 e. The van der Waals surface area contributed by atoms with Gasteiger partial charge in [-0.15, -0.1) is 0 Å². The first-order valence-corrected chi connectivity index (χ1v) is 6.83. The maximum atomic E-state index is 11.8. The second kappa shape index (κ2) is 6.91. The van der Waals surface area contributed by atoms with Crippen LogP contribution in [0.4, 0.5) is 0 Å². The molecule has 5 nitrogen and oxygen atoms in total. The summed E-state index contributed by atoms with van der Waals surface area (Å²) in [5, 5.41) is 8.14.